The maximum atomic E-state index is 11.9. The zero-order chi connectivity index (χ0) is 16.9. The highest BCUT2D eigenvalue weighted by Crippen LogP contribution is 2.25. The van der Waals surface area contributed by atoms with Crippen LogP contribution < -0.4 is 4.90 Å². The Morgan fingerprint density at radius 3 is 2.83 bits per heavy atom. The lowest BCUT2D eigenvalue weighted by Crippen LogP contribution is -2.23. The molecular weight excluding hydrogens is 326 g/mol. The molecule has 1 aliphatic rings. The number of aromatic nitrogens is 1. The third-order valence-corrected chi connectivity index (χ3v) is 4.56. The molecule has 24 heavy (non-hydrogen) atoms. The Balaban J connectivity index is 1.52. The van der Waals surface area contributed by atoms with Crippen LogP contribution in [0.15, 0.2) is 29.6 Å². The summed E-state index contributed by atoms with van der Waals surface area (Å²) in [5.41, 5.74) is 2.00. The number of carbonyl (C=O) groups is 2. The Hall–Kier alpha value is -2.72. The van der Waals surface area contributed by atoms with Crippen molar-refractivity contribution in [3.8, 4) is 6.07 Å². The minimum Gasteiger partial charge on any atom is -0.461 e. The topological polar surface area (TPSA) is 83.3 Å². The molecule has 7 heteroatoms. The number of carbonyl (C=O) groups excluding carboxylic acids is 2. The van der Waals surface area contributed by atoms with Gasteiger partial charge in [-0.1, -0.05) is 12.1 Å². The standard InChI is InChI=1S/C17H15N3O3S/c18-9-12-3-5-13(6-4-12)10-23-16(22)8-14-11-24-17(19-14)20-7-1-2-15(20)21/h3-6,11H,1-2,7-8,10H2. The van der Waals surface area contributed by atoms with Crippen LogP contribution in [0.3, 0.4) is 0 Å². The summed E-state index contributed by atoms with van der Waals surface area (Å²) in [6, 6.07) is 8.92. The SMILES string of the molecule is N#Cc1ccc(COC(=O)Cc2csc(N3CCCC3=O)n2)cc1. The quantitative estimate of drug-likeness (QED) is 0.780. The summed E-state index contributed by atoms with van der Waals surface area (Å²) >= 11 is 1.37. The van der Waals surface area contributed by atoms with Crippen molar-refractivity contribution in [2.75, 3.05) is 11.4 Å². The minimum absolute atomic E-state index is 0.0782. The Labute approximate surface area is 143 Å². The van der Waals surface area contributed by atoms with Gasteiger partial charge >= 0.3 is 5.97 Å². The monoisotopic (exact) mass is 341 g/mol. The van der Waals surface area contributed by atoms with E-state index in [9.17, 15) is 9.59 Å². The van der Waals surface area contributed by atoms with Crippen molar-refractivity contribution in [3.05, 3.63) is 46.5 Å². The van der Waals surface area contributed by atoms with Crippen molar-refractivity contribution in [3.63, 3.8) is 0 Å². The van der Waals surface area contributed by atoms with Crippen molar-refractivity contribution < 1.29 is 14.3 Å². The molecule has 6 nitrogen and oxygen atoms in total. The Morgan fingerprint density at radius 1 is 1.38 bits per heavy atom. The lowest BCUT2D eigenvalue weighted by Gasteiger charge is -2.10. The normalized spacial score (nSPS) is 13.8. The number of benzene rings is 1. The number of rotatable bonds is 5. The molecule has 0 bridgehead atoms. The lowest BCUT2D eigenvalue weighted by atomic mass is 10.2. The van der Waals surface area contributed by atoms with Crippen LogP contribution in [0.5, 0.6) is 0 Å². The minimum atomic E-state index is -0.371. The zero-order valence-corrected chi connectivity index (χ0v) is 13.7. The Bertz CT molecular complexity index is 792. The van der Waals surface area contributed by atoms with E-state index >= 15 is 0 Å². The predicted molar refractivity (Wildman–Crippen MR) is 88.4 cm³/mol. The first kappa shape index (κ1) is 16.1. The van der Waals surface area contributed by atoms with E-state index in [0.717, 1.165) is 12.0 Å². The van der Waals surface area contributed by atoms with Crippen LogP contribution in [0.1, 0.15) is 29.7 Å². The van der Waals surface area contributed by atoms with Gasteiger partial charge in [-0.15, -0.1) is 11.3 Å². The fraction of sp³-hybridized carbons (Fsp3) is 0.294. The average Bonchev–Trinajstić information content (AvgIpc) is 3.22. The second kappa shape index (κ2) is 7.23. The molecule has 2 heterocycles. The number of esters is 1. The summed E-state index contributed by atoms with van der Waals surface area (Å²) in [6.07, 6.45) is 1.48. The maximum absolute atomic E-state index is 11.9. The summed E-state index contributed by atoms with van der Waals surface area (Å²) in [4.78, 5) is 29.6. The maximum Gasteiger partial charge on any atom is 0.312 e. The van der Waals surface area contributed by atoms with Gasteiger partial charge in [-0.05, 0) is 24.1 Å². The molecule has 122 valence electrons. The highest BCUT2D eigenvalue weighted by molar-refractivity contribution is 7.14. The molecule has 1 aliphatic heterocycles. The van der Waals surface area contributed by atoms with E-state index in [2.05, 4.69) is 4.98 Å². The smallest absolute Gasteiger partial charge is 0.312 e. The third kappa shape index (κ3) is 3.78. The summed E-state index contributed by atoms with van der Waals surface area (Å²) in [6.45, 7) is 0.848. The van der Waals surface area contributed by atoms with Gasteiger partial charge in [0.25, 0.3) is 0 Å². The number of hydrogen-bond acceptors (Lipinski definition) is 6. The molecule has 3 rings (SSSR count). The Kier molecular flexibility index (Phi) is 4.87. The van der Waals surface area contributed by atoms with Crippen molar-refractivity contribution in [1.29, 1.82) is 5.26 Å². The lowest BCUT2D eigenvalue weighted by molar-refractivity contribution is -0.144. The molecular formula is C17H15N3O3S. The van der Waals surface area contributed by atoms with E-state index in [4.69, 9.17) is 10.00 Å². The molecule has 0 aliphatic carbocycles. The summed E-state index contributed by atoms with van der Waals surface area (Å²) in [5.74, 6) is -0.289. The fourth-order valence-electron chi connectivity index (χ4n) is 2.39. The molecule has 0 unspecified atom stereocenters. The van der Waals surface area contributed by atoms with Crippen LogP contribution in [0.4, 0.5) is 5.13 Å². The molecule has 1 amide bonds. The molecule has 1 saturated heterocycles. The summed E-state index contributed by atoms with van der Waals surface area (Å²) in [7, 11) is 0. The van der Waals surface area contributed by atoms with Gasteiger partial charge in [0.1, 0.15) is 6.61 Å². The van der Waals surface area contributed by atoms with Gasteiger partial charge in [-0.2, -0.15) is 5.26 Å². The van der Waals surface area contributed by atoms with Crippen LogP contribution in [0.2, 0.25) is 0 Å². The van der Waals surface area contributed by atoms with Gasteiger partial charge in [0, 0.05) is 18.3 Å². The number of thiazole rings is 1. The molecule has 2 aromatic rings. The molecule has 0 N–H and O–H groups in total. The van der Waals surface area contributed by atoms with Crippen molar-refractivity contribution in [1.82, 2.24) is 4.98 Å². The molecule has 0 radical (unpaired) electrons. The number of anilines is 1. The summed E-state index contributed by atoms with van der Waals surface area (Å²) in [5, 5.41) is 11.2. The number of hydrogen-bond donors (Lipinski definition) is 0. The molecule has 1 aromatic heterocycles. The van der Waals surface area contributed by atoms with Crippen LogP contribution in [-0.4, -0.2) is 23.4 Å². The first-order valence-electron chi connectivity index (χ1n) is 7.55. The van der Waals surface area contributed by atoms with Gasteiger partial charge in [-0.25, -0.2) is 4.98 Å². The number of nitriles is 1. The van der Waals surface area contributed by atoms with Crippen LogP contribution >= 0.6 is 11.3 Å². The largest absolute Gasteiger partial charge is 0.461 e. The van der Waals surface area contributed by atoms with Crippen LogP contribution in [-0.2, 0) is 27.4 Å². The molecule has 0 atom stereocenters. The second-order valence-electron chi connectivity index (χ2n) is 5.42. The zero-order valence-electron chi connectivity index (χ0n) is 12.9. The summed E-state index contributed by atoms with van der Waals surface area (Å²) < 4.78 is 5.22. The molecule has 0 saturated carbocycles. The van der Waals surface area contributed by atoms with Gasteiger partial charge in [0.2, 0.25) is 5.91 Å². The van der Waals surface area contributed by atoms with Crippen molar-refractivity contribution in [2.24, 2.45) is 0 Å². The highest BCUT2D eigenvalue weighted by atomic mass is 32.1. The van der Waals surface area contributed by atoms with Crippen LogP contribution in [0.25, 0.3) is 0 Å². The van der Waals surface area contributed by atoms with Gasteiger partial charge < -0.3 is 4.74 Å². The van der Waals surface area contributed by atoms with E-state index in [0.29, 0.717) is 29.4 Å². The number of amides is 1. The number of ether oxygens (including phenoxy) is 1. The highest BCUT2D eigenvalue weighted by Gasteiger charge is 2.24. The first-order valence-corrected chi connectivity index (χ1v) is 8.43. The van der Waals surface area contributed by atoms with Gasteiger partial charge in [0.05, 0.1) is 23.7 Å². The van der Waals surface area contributed by atoms with Gasteiger partial charge in [-0.3, -0.25) is 14.5 Å². The van der Waals surface area contributed by atoms with E-state index in [1.807, 2.05) is 6.07 Å². The van der Waals surface area contributed by atoms with E-state index in [1.165, 1.54) is 11.3 Å². The number of nitrogens with zero attached hydrogens (tertiary/aromatic N) is 3. The van der Waals surface area contributed by atoms with E-state index < -0.39 is 0 Å². The molecule has 1 aromatic carbocycles. The fourth-order valence-corrected chi connectivity index (χ4v) is 3.26. The van der Waals surface area contributed by atoms with Crippen molar-refractivity contribution in [2.45, 2.75) is 25.9 Å². The van der Waals surface area contributed by atoms with E-state index in [-0.39, 0.29) is 24.9 Å². The van der Waals surface area contributed by atoms with Crippen LogP contribution in [0, 0.1) is 11.3 Å². The first-order chi connectivity index (χ1) is 11.7. The molecule has 0 spiro atoms. The Morgan fingerprint density at radius 2 is 2.17 bits per heavy atom. The predicted octanol–water partition coefficient (Wildman–Crippen LogP) is 2.43. The van der Waals surface area contributed by atoms with E-state index in [1.54, 1.807) is 34.5 Å². The third-order valence-electron chi connectivity index (χ3n) is 3.65. The average molecular weight is 341 g/mol. The second-order valence-corrected chi connectivity index (χ2v) is 6.25. The molecule has 1 fully saturated rings. The van der Waals surface area contributed by atoms with Gasteiger partial charge in [0.15, 0.2) is 5.13 Å². The van der Waals surface area contributed by atoms with Crippen molar-refractivity contribution >= 4 is 28.3 Å².